The van der Waals surface area contributed by atoms with Crippen molar-refractivity contribution in [1.29, 1.82) is 5.26 Å². The average Bonchev–Trinajstić information content (AvgIpc) is 3.47. The summed E-state index contributed by atoms with van der Waals surface area (Å²) in [5.41, 5.74) is 1.50. The van der Waals surface area contributed by atoms with Gasteiger partial charge in [-0.3, -0.25) is 14.9 Å². The van der Waals surface area contributed by atoms with E-state index in [1.807, 2.05) is 32.2 Å². The Bertz CT molecular complexity index is 1550. The number of hydrogen-bond acceptors (Lipinski definition) is 10. The van der Waals surface area contributed by atoms with Crippen molar-refractivity contribution < 1.29 is 14.3 Å². The van der Waals surface area contributed by atoms with Crippen LogP contribution in [0.3, 0.4) is 0 Å². The molecule has 0 fully saturated rings. The molecule has 3 aromatic heterocycles. The molecule has 0 atom stereocenters. The molecule has 12 heteroatoms. The number of nitrogens with one attached hydrogen (secondary N) is 1. The molecular formula is C24H22N6O4S2. The van der Waals surface area contributed by atoms with Crippen LogP contribution < -0.4 is 20.3 Å². The summed E-state index contributed by atoms with van der Waals surface area (Å²) in [5, 5.41) is 19.4. The summed E-state index contributed by atoms with van der Waals surface area (Å²) in [4.78, 5) is 34.1. The van der Waals surface area contributed by atoms with E-state index in [-0.39, 0.29) is 17.7 Å². The van der Waals surface area contributed by atoms with E-state index in [4.69, 9.17) is 9.47 Å². The van der Waals surface area contributed by atoms with Crippen LogP contribution in [0, 0.1) is 18.3 Å². The minimum atomic E-state index is -0.549. The number of hydrogen-bond donors (Lipinski definition) is 1. The Kier molecular flexibility index (Phi) is 7.72. The molecule has 0 saturated heterocycles. The van der Waals surface area contributed by atoms with Gasteiger partial charge in [0.2, 0.25) is 4.96 Å². The smallest absolute Gasteiger partial charge is 0.275 e. The summed E-state index contributed by atoms with van der Waals surface area (Å²) in [5.74, 6) is 0.325. The zero-order chi connectivity index (χ0) is 25.7. The Balaban J connectivity index is 1.53. The fourth-order valence-electron chi connectivity index (χ4n) is 3.16. The molecule has 1 amide bonds. The number of carbonyl (C=O) groups is 1. The zero-order valence-electron chi connectivity index (χ0n) is 19.8. The standard InChI is InChI=1S/C24H22N6O4S2/c1-4-20-29-30-21(31)10-17(27-24(30)36-20)12-34-18-7-6-15(9-19(18)33-5-2)8-16(11-25)22(32)28-23-26-14(3)13-35-23/h6-10,13H,4-5,12H2,1-3H3,(H,26,28,32). The van der Waals surface area contributed by atoms with Gasteiger partial charge in [0.25, 0.3) is 11.5 Å². The minimum absolute atomic E-state index is 0.0550. The molecule has 4 rings (SSSR count). The number of amides is 1. The molecule has 1 N–H and O–H groups in total. The Morgan fingerprint density at radius 3 is 2.75 bits per heavy atom. The highest BCUT2D eigenvalue weighted by Crippen LogP contribution is 2.30. The van der Waals surface area contributed by atoms with Crippen molar-refractivity contribution in [2.24, 2.45) is 0 Å². The molecule has 4 aromatic rings. The first kappa shape index (κ1) is 25.0. The molecule has 0 unspecified atom stereocenters. The molecule has 0 aliphatic rings. The van der Waals surface area contributed by atoms with Crippen LogP contribution in [-0.4, -0.2) is 32.1 Å². The Morgan fingerprint density at radius 2 is 2.06 bits per heavy atom. The average molecular weight is 523 g/mol. The lowest BCUT2D eigenvalue weighted by atomic mass is 10.1. The van der Waals surface area contributed by atoms with Crippen molar-refractivity contribution in [2.45, 2.75) is 33.8 Å². The quantitative estimate of drug-likeness (QED) is 0.258. The van der Waals surface area contributed by atoms with Gasteiger partial charge in [0.05, 0.1) is 18.0 Å². The number of ether oxygens (including phenoxy) is 2. The van der Waals surface area contributed by atoms with Crippen LogP contribution in [0.5, 0.6) is 11.5 Å². The van der Waals surface area contributed by atoms with Crippen LogP contribution in [0.25, 0.3) is 11.0 Å². The molecule has 10 nitrogen and oxygen atoms in total. The highest BCUT2D eigenvalue weighted by molar-refractivity contribution is 7.16. The highest BCUT2D eigenvalue weighted by Gasteiger charge is 2.14. The maximum Gasteiger partial charge on any atom is 0.275 e. The van der Waals surface area contributed by atoms with E-state index in [2.05, 4.69) is 20.4 Å². The van der Waals surface area contributed by atoms with Gasteiger partial charge in [0.1, 0.15) is 23.3 Å². The summed E-state index contributed by atoms with van der Waals surface area (Å²) in [6.45, 7) is 6.06. The summed E-state index contributed by atoms with van der Waals surface area (Å²) in [7, 11) is 0. The number of benzene rings is 1. The molecule has 0 saturated carbocycles. The zero-order valence-corrected chi connectivity index (χ0v) is 21.4. The van der Waals surface area contributed by atoms with Crippen LogP contribution in [0.1, 0.15) is 35.8 Å². The first-order valence-electron chi connectivity index (χ1n) is 11.0. The van der Waals surface area contributed by atoms with Crippen LogP contribution in [0.2, 0.25) is 0 Å². The van der Waals surface area contributed by atoms with Crippen LogP contribution in [0.4, 0.5) is 5.13 Å². The predicted octanol–water partition coefficient (Wildman–Crippen LogP) is 4.00. The number of thiazole rings is 1. The Labute approximate surface area is 214 Å². The van der Waals surface area contributed by atoms with Crippen molar-refractivity contribution in [3.05, 3.63) is 67.5 Å². The normalized spacial score (nSPS) is 11.3. The maximum atomic E-state index is 12.5. The van der Waals surface area contributed by atoms with Crippen LogP contribution in [-0.2, 0) is 17.8 Å². The number of rotatable bonds is 9. The van der Waals surface area contributed by atoms with Crippen molar-refractivity contribution in [3.63, 3.8) is 0 Å². The SMILES string of the molecule is CCOc1cc(C=C(C#N)C(=O)Nc2nc(C)cs2)ccc1OCc1cc(=O)n2nc(CC)sc2n1. The summed E-state index contributed by atoms with van der Waals surface area (Å²) in [6.07, 6.45) is 2.19. The van der Waals surface area contributed by atoms with Gasteiger partial charge in [-0.15, -0.1) is 11.3 Å². The van der Waals surface area contributed by atoms with Crippen molar-refractivity contribution in [1.82, 2.24) is 19.6 Å². The van der Waals surface area contributed by atoms with Gasteiger partial charge in [-0.1, -0.05) is 24.3 Å². The largest absolute Gasteiger partial charge is 0.490 e. The highest BCUT2D eigenvalue weighted by atomic mass is 32.1. The van der Waals surface area contributed by atoms with E-state index in [0.29, 0.717) is 39.5 Å². The molecule has 3 heterocycles. The molecule has 0 aliphatic carbocycles. The molecule has 0 aliphatic heterocycles. The third kappa shape index (κ3) is 5.76. The van der Waals surface area contributed by atoms with Crippen molar-refractivity contribution in [2.75, 3.05) is 11.9 Å². The van der Waals surface area contributed by atoms with E-state index in [9.17, 15) is 14.9 Å². The summed E-state index contributed by atoms with van der Waals surface area (Å²) in [6, 6.07) is 8.39. The number of nitriles is 1. The molecular weight excluding hydrogens is 500 g/mol. The second-order valence-corrected chi connectivity index (χ2v) is 9.37. The lowest BCUT2D eigenvalue weighted by Crippen LogP contribution is -2.16. The molecule has 0 bridgehead atoms. The number of nitrogens with zero attached hydrogens (tertiary/aromatic N) is 5. The molecule has 36 heavy (non-hydrogen) atoms. The monoisotopic (exact) mass is 522 g/mol. The molecule has 0 radical (unpaired) electrons. The fourth-order valence-corrected chi connectivity index (χ4v) is 4.70. The van der Waals surface area contributed by atoms with E-state index in [0.717, 1.165) is 17.1 Å². The third-order valence-corrected chi connectivity index (χ3v) is 6.73. The number of carbonyl (C=O) groups excluding carboxylic acids is 1. The number of fused-ring (bicyclic) bond motifs is 1. The van der Waals surface area contributed by atoms with Crippen LogP contribution in [0.15, 0.2) is 40.0 Å². The third-order valence-electron chi connectivity index (χ3n) is 4.80. The van der Waals surface area contributed by atoms with Gasteiger partial charge in [0, 0.05) is 11.4 Å². The Hall–Kier alpha value is -4.08. The van der Waals surface area contributed by atoms with Crippen LogP contribution >= 0.6 is 22.7 Å². The van der Waals surface area contributed by atoms with E-state index in [1.165, 1.54) is 39.3 Å². The first-order valence-corrected chi connectivity index (χ1v) is 12.7. The lowest BCUT2D eigenvalue weighted by Gasteiger charge is -2.12. The maximum absolute atomic E-state index is 12.5. The fraction of sp³-hybridized carbons (Fsp3) is 0.250. The summed E-state index contributed by atoms with van der Waals surface area (Å²) >= 11 is 2.65. The van der Waals surface area contributed by atoms with Gasteiger partial charge in [-0.25, -0.2) is 9.97 Å². The number of aromatic nitrogens is 4. The number of aryl methyl sites for hydroxylation is 2. The molecule has 1 aromatic carbocycles. The van der Waals surface area contributed by atoms with E-state index >= 15 is 0 Å². The number of anilines is 1. The van der Waals surface area contributed by atoms with Crippen molar-refractivity contribution >= 4 is 44.7 Å². The molecule has 184 valence electrons. The van der Waals surface area contributed by atoms with Gasteiger partial charge in [0.15, 0.2) is 16.6 Å². The predicted molar refractivity (Wildman–Crippen MR) is 138 cm³/mol. The lowest BCUT2D eigenvalue weighted by molar-refractivity contribution is -0.112. The van der Waals surface area contributed by atoms with E-state index in [1.54, 1.807) is 18.2 Å². The Morgan fingerprint density at radius 1 is 1.22 bits per heavy atom. The second-order valence-electron chi connectivity index (χ2n) is 7.48. The van der Waals surface area contributed by atoms with Gasteiger partial charge in [-0.05, 0) is 44.0 Å². The van der Waals surface area contributed by atoms with Crippen molar-refractivity contribution in [3.8, 4) is 17.6 Å². The summed E-state index contributed by atoms with van der Waals surface area (Å²) < 4.78 is 12.9. The van der Waals surface area contributed by atoms with Gasteiger partial charge >= 0.3 is 0 Å². The van der Waals surface area contributed by atoms with Gasteiger partial charge < -0.3 is 9.47 Å². The topological polar surface area (TPSA) is 132 Å². The van der Waals surface area contributed by atoms with Gasteiger partial charge in [-0.2, -0.15) is 14.9 Å². The molecule has 0 spiro atoms. The van der Waals surface area contributed by atoms with E-state index < -0.39 is 5.91 Å². The first-order chi connectivity index (χ1) is 17.4. The minimum Gasteiger partial charge on any atom is -0.490 e. The second kappa shape index (κ2) is 11.1.